The number of likely N-dealkylation sites (tertiary alicyclic amines) is 1. The van der Waals surface area contributed by atoms with Gasteiger partial charge in [0.25, 0.3) is 5.91 Å². The third kappa shape index (κ3) is 2.66. The number of carbonyl (C=O) groups excluding carboxylic acids is 1. The van der Waals surface area contributed by atoms with Crippen LogP contribution in [0.25, 0.3) is 0 Å². The van der Waals surface area contributed by atoms with Gasteiger partial charge in [-0.1, -0.05) is 11.4 Å². The zero-order chi connectivity index (χ0) is 15.5. The first kappa shape index (κ1) is 14.8. The van der Waals surface area contributed by atoms with Crippen LogP contribution in [-0.4, -0.2) is 44.0 Å². The summed E-state index contributed by atoms with van der Waals surface area (Å²) in [5.41, 5.74) is 1.60. The van der Waals surface area contributed by atoms with E-state index in [4.69, 9.17) is 0 Å². The Kier molecular flexibility index (Phi) is 4.28. The molecule has 0 aliphatic carbocycles. The van der Waals surface area contributed by atoms with Gasteiger partial charge < -0.3 is 10.2 Å². The van der Waals surface area contributed by atoms with Crippen molar-refractivity contribution in [1.29, 1.82) is 0 Å². The van der Waals surface area contributed by atoms with Crippen LogP contribution < -0.4 is 5.32 Å². The van der Waals surface area contributed by atoms with Crippen molar-refractivity contribution in [3.8, 4) is 0 Å². The molecule has 22 heavy (non-hydrogen) atoms. The minimum Gasteiger partial charge on any atom is -0.372 e. The molecule has 116 valence electrons. The number of hydrogen-bond donors (Lipinski definition) is 1. The molecule has 1 aliphatic rings. The fourth-order valence-electron chi connectivity index (χ4n) is 2.71. The van der Waals surface area contributed by atoms with E-state index in [1.807, 2.05) is 18.9 Å². The van der Waals surface area contributed by atoms with E-state index in [0.717, 1.165) is 30.8 Å². The number of nitrogens with one attached hydrogen (secondary N) is 1. The largest absolute Gasteiger partial charge is 0.372 e. The van der Waals surface area contributed by atoms with Gasteiger partial charge in [0.15, 0.2) is 0 Å². The summed E-state index contributed by atoms with van der Waals surface area (Å²) in [6.45, 7) is 2.72. The molecule has 3 rings (SSSR count). The van der Waals surface area contributed by atoms with Gasteiger partial charge in [0.05, 0.1) is 29.8 Å². The molecule has 3 heterocycles. The average Bonchev–Trinajstić information content (AvgIpc) is 3.23. The lowest BCUT2D eigenvalue weighted by Crippen LogP contribution is -2.31. The van der Waals surface area contributed by atoms with E-state index in [9.17, 15) is 4.79 Å². The topological polar surface area (TPSA) is 83.9 Å². The zero-order valence-electron chi connectivity index (χ0n) is 12.6. The van der Waals surface area contributed by atoms with Gasteiger partial charge in [-0.2, -0.15) is 0 Å². The highest BCUT2D eigenvalue weighted by molar-refractivity contribution is 7.08. The Morgan fingerprint density at radius 2 is 2.36 bits per heavy atom. The van der Waals surface area contributed by atoms with Crippen LogP contribution in [0, 0.1) is 0 Å². The van der Waals surface area contributed by atoms with Crippen molar-refractivity contribution in [2.75, 3.05) is 18.9 Å². The van der Waals surface area contributed by atoms with E-state index in [-0.39, 0.29) is 11.9 Å². The summed E-state index contributed by atoms with van der Waals surface area (Å²) in [5.74, 6) is 0.719. The van der Waals surface area contributed by atoms with E-state index in [2.05, 4.69) is 24.9 Å². The summed E-state index contributed by atoms with van der Waals surface area (Å²) in [6, 6.07) is -0.0277. The van der Waals surface area contributed by atoms with Crippen molar-refractivity contribution in [1.82, 2.24) is 24.5 Å². The third-order valence-corrected chi connectivity index (χ3v) is 4.61. The van der Waals surface area contributed by atoms with E-state index in [1.165, 1.54) is 11.5 Å². The number of carbonyl (C=O) groups is 1. The molecule has 1 saturated heterocycles. The lowest BCUT2D eigenvalue weighted by Gasteiger charge is -2.23. The maximum Gasteiger partial charge on any atom is 0.268 e. The molecule has 0 saturated carbocycles. The molecule has 1 unspecified atom stereocenters. The molecule has 7 nitrogen and oxygen atoms in total. The first-order valence-corrected chi connectivity index (χ1v) is 8.13. The summed E-state index contributed by atoms with van der Waals surface area (Å²) >= 11 is 1.17. The summed E-state index contributed by atoms with van der Waals surface area (Å²) in [6.07, 6.45) is 6.00. The van der Waals surface area contributed by atoms with Crippen LogP contribution in [0.5, 0.6) is 0 Å². The highest BCUT2D eigenvalue weighted by atomic mass is 32.1. The van der Waals surface area contributed by atoms with Crippen LogP contribution in [0.1, 0.15) is 46.9 Å². The summed E-state index contributed by atoms with van der Waals surface area (Å²) < 4.78 is 3.92. The van der Waals surface area contributed by atoms with Crippen molar-refractivity contribution >= 4 is 23.3 Å². The third-order valence-electron chi connectivity index (χ3n) is 3.85. The molecule has 1 N–H and O–H groups in total. The highest BCUT2D eigenvalue weighted by Crippen LogP contribution is 2.33. The van der Waals surface area contributed by atoms with Crippen molar-refractivity contribution in [3.63, 3.8) is 0 Å². The second-order valence-corrected chi connectivity index (χ2v) is 5.89. The Bertz CT molecular complexity index is 673. The van der Waals surface area contributed by atoms with Crippen molar-refractivity contribution in [2.24, 2.45) is 0 Å². The fraction of sp³-hybridized carbons (Fsp3) is 0.500. The SMILES string of the molecule is CCc1nnsc1C(=O)N1CCCC1c1cncc(NC)n1. The minimum atomic E-state index is -0.0277. The average molecular weight is 318 g/mol. The molecule has 2 aromatic heterocycles. The van der Waals surface area contributed by atoms with Crippen LogP contribution in [0.4, 0.5) is 5.82 Å². The van der Waals surface area contributed by atoms with E-state index in [0.29, 0.717) is 17.1 Å². The predicted octanol–water partition coefficient (Wildman–Crippen LogP) is 1.91. The second-order valence-electron chi connectivity index (χ2n) is 5.14. The Balaban J connectivity index is 1.88. The number of anilines is 1. The lowest BCUT2D eigenvalue weighted by molar-refractivity contribution is 0.0736. The smallest absolute Gasteiger partial charge is 0.268 e. The molecule has 0 bridgehead atoms. The number of aryl methyl sites for hydroxylation is 1. The van der Waals surface area contributed by atoms with Crippen LogP contribution in [0.3, 0.4) is 0 Å². The quantitative estimate of drug-likeness (QED) is 0.927. The van der Waals surface area contributed by atoms with Crippen LogP contribution in [0.15, 0.2) is 12.4 Å². The van der Waals surface area contributed by atoms with E-state index < -0.39 is 0 Å². The van der Waals surface area contributed by atoms with Crippen molar-refractivity contribution < 1.29 is 4.79 Å². The molecule has 2 aromatic rings. The van der Waals surface area contributed by atoms with Crippen LogP contribution >= 0.6 is 11.5 Å². The molecular formula is C14H18N6OS. The van der Waals surface area contributed by atoms with Crippen LogP contribution in [-0.2, 0) is 6.42 Å². The number of amides is 1. The van der Waals surface area contributed by atoms with Gasteiger partial charge in [0.2, 0.25) is 0 Å². The lowest BCUT2D eigenvalue weighted by atomic mass is 10.1. The number of hydrogen-bond acceptors (Lipinski definition) is 7. The van der Waals surface area contributed by atoms with Gasteiger partial charge in [-0.15, -0.1) is 5.10 Å². The van der Waals surface area contributed by atoms with Gasteiger partial charge in [-0.25, -0.2) is 4.98 Å². The second kappa shape index (κ2) is 6.35. The standard InChI is InChI=1S/C14H18N6OS/c1-3-9-13(22-19-18-9)14(21)20-6-4-5-11(20)10-7-16-8-12(15-2)17-10/h7-8,11H,3-6H2,1-2H3,(H,15,17). The zero-order valence-corrected chi connectivity index (χ0v) is 13.4. The highest BCUT2D eigenvalue weighted by Gasteiger charge is 2.33. The Morgan fingerprint density at radius 1 is 1.50 bits per heavy atom. The number of aromatic nitrogens is 4. The first-order chi connectivity index (χ1) is 10.7. The molecule has 8 heteroatoms. The summed E-state index contributed by atoms with van der Waals surface area (Å²) in [7, 11) is 1.81. The van der Waals surface area contributed by atoms with Crippen molar-refractivity contribution in [3.05, 3.63) is 28.7 Å². The van der Waals surface area contributed by atoms with Gasteiger partial charge in [-0.05, 0) is 30.8 Å². The Labute approximate surface area is 133 Å². The van der Waals surface area contributed by atoms with E-state index >= 15 is 0 Å². The Hall–Kier alpha value is -2.09. The predicted molar refractivity (Wildman–Crippen MR) is 83.9 cm³/mol. The van der Waals surface area contributed by atoms with E-state index in [1.54, 1.807) is 12.4 Å². The van der Waals surface area contributed by atoms with Gasteiger partial charge in [0, 0.05) is 13.6 Å². The van der Waals surface area contributed by atoms with Gasteiger partial charge >= 0.3 is 0 Å². The molecule has 1 fully saturated rings. The molecule has 1 aliphatic heterocycles. The normalized spacial score (nSPS) is 17.7. The molecule has 0 spiro atoms. The summed E-state index contributed by atoms with van der Waals surface area (Å²) in [4.78, 5) is 24.1. The van der Waals surface area contributed by atoms with Gasteiger partial charge in [0.1, 0.15) is 10.7 Å². The van der Waals surface area contributed by atoms with Gasteiger partial charge in [-0.3, -0.25) is 9.78 Å². The fourth-order valence-corrected chi connectivity index (χ4v) is 3.42. The molecular weight excluding hydrogens is 300 g/mol. The number of rotatable bonds is 4. The maximum atomic E-state index is 12.8. The Morgan fingerprint density at radius 3 is 3.14 bits per heavy atom. The number of nitrogens with zero attached hydrogens (tertiary/aromatic N) is 5. The maximum absolute atomic E-state index is 12.8. The monoisotopic (exact) mass is 318 g/mol. The van der Waals surface area contributed by atoms with Crippen LogP contribution in [0.2, 0.25) is 0 Å². The molecule has 0 aromatic carbocycles. The van der Waals surface area contributed by atoms with Crippen molar-refractivity contribution in [2.45, 2.75) is 32.2 Å². The first-order valence-electron chi connectivity index (χ1n) is 7.36. The molecule has 1 atom stereocenters. The minimum absolute atomic E-state index is 0.00557. The summed E-state index contributed by atoms with van der Waals surface area (Å²) in [5, 5.41) is 7.02. The molecule has 0 radical (unpaired) electrons. The molecule has 1 amide bonds.